The lowest BCUT2D eigenvalue weighted by molar-refractivity contribution is -0.137. The Bertz CT molecular complexity index is 3320. The van der Waals surface area contributed by atoms with E-state index in [-0.39, 0.29) is 100 Å². The van der Waals surface area contributed by atoms with E-state index in [9.17, 15) is 61.2 Å². The molecule has 0 fully saturated rings. The number of benzene rings is 1. The summed E-state index contributed by atoms with van der Waals surface area (Å²) < 4.78 is 29.9. The predicted molar refractivity (Wildman–Crippen MR) is 403 cm³/mol. The molecule has 0 radical (unpaired) electrons. The molecule has 1 aromatic carbocycles. The summed E-state index contributed by atoms with van der Waals surface area (Å²) >= 11 is 0. The zero-order valence-electron chi connectivity index (χ0n) is 63.9. The maximum atomic E-state index is 14.9. The van der Waals surface area contributed by atoms with Gasteiger partial charge in [0.15, 0.2) is 0 Å². The number of nitrogens with two attached hydrogens (primary N) is 5. The van der Waals surface area contributed by atoms with Crippen LogP contribution >= 0.6 is 0 Å². The fraction of sp³-hybridized carbons (Fsp3) is 0.681. The molecule has 0 saturated heterocycles. The van der Waals surface area contributed by atoms with E-state index < -0.39 is 153 Å². The monoisotopic (exact) mass is 1510 g/mol. The number of carbonyl (C=O) groups excluding carboxylic acids is 11. The highest BCUT2D eigenvalue weighted by Crippen LogP contribution is 2.18. The minimum Gasteiger partial charge on any atom is -0.368 e. The summed E-state index contributed by atoms with van der Waals surface area (Å²) in [6.45, 7) is 20.8. The highest BCUT2D eigenvalue weighted by molar-refractivity contribution is 7.89. The van der Waals surface area contributed by atoms with Crippen LogP contribution in [0.5, 0.6) is 0 Å². The van der Waals surface area contributed by atoms with Crippen LogP contribution in [0.2, 0.25) is 0 Å². The van der Waals surface area contributed by atoms with Gasteiger partial charge in [0.05, 0.1) is 17.6 Å². The second kappa shape index (κ2) is 48.0. The number of nitrogens with zero attached hydrogens (tertiary/aromatic N) is 2. The Morgan fingerprint density at radius 3 is 1.08 bits per heavy atom. The van der Waals surface area contributed by atoms with Crippen molar-refractivity contribution in [2.45, 2.75) is 263 Å². The molecule has 3 aromatic rings. The number of rotatable bonds is 53. The van der Waals surface area contributed by atoms with Crippen molar-refractivity contribution in [2.24, 2.45) is 58.3 Å². The van der Waals surface area contributed by atoms with Crippen LogP contribution in [-0.4, -0.2) is 186 Å². The number of nitrogens with one attached hydrogen (secondary N) is 13. The number of imidazole rings is 2. The van der Waals surface area contributed by atoms with Gasteiger partial charge in [-0.25, -0.2) is 18.4 Å². The minimum atomic E-state index is -4.29. The Labute approximate surface area is 625 Å². The maximum Gasteiger partial charge on any atom is 0.243 e. The minimum absolute atomic E-state index is 0.00614. The van der Waals surface area contributed by atoms with Gasteiger partial charge in [-0.15, -0.1) is 0 Å². The molecule has 0 saturated carbocycles. The summed E-state index contributed by atoms with van der Waals surface area (Å²) in [6, 6.07) is -8.07. The second-order valence-corrected chi connectivity index (χ2v) is 30.8. The number of primary amides is 1. The number of aryl methyl sites for hydroxylation is 1. The van der Waals surface area contributed by atoms with Crippen LogP contribution in [0.4, 0.5) is 0 Å². The average Bonchev–Trinajstić information content (AvgIpc) is 0.955. The number of aromatic amines is 2. The molecular formula is C72H124N20O13S. The average molecular weight is 1510 g/mol. The van der Waals surface area contributed by atoms with Gasteiger partial charge in [0.25, 0.3) is 0 Å². The van der Waals surface area contributed by atoms with Crippen molar-refractivity contribution in [3.63, 3.8) is 0 Å². The highest BCUT2D eigenvalue weighted by atomic mass is 32.2. The summed E-state index contributed by atoms with van der Waals surface area (Å²) in [5.41, 5.74) is 30.7. The normalized spacial score (nSPS) is 15.1. The van der Waals surface area contributed by atoms with Crippen molar-refractivity contribution < 1.29 is 61.2 Å². The van der Waals surface area contributed by atoms with Crippen LogP contribution in [0.15, 0.2) is 54.2 Å². The molecule has 596 valence electrons. The summed E-state index contributed by atoms with van der Waals surface area (Å²) in [4.78, 5) is 171. The Morgan fingerprint density at radius 2 is 0.717 bits per heavy atom. The van der Waals surface area contributed by atoms with Crippen LogP contribution < -0.4 is 86.6 Å². The summed E-state index contributed by atoms with van der Waals surface area (Å²) in [5.74, 6) is -9.83. The fourth-order valence-electron chi connectivity index (χ4n) is 11.7. The third kappa shape index (κ3) is 33.1. The third-order valence-corrected chi connectivity index (χ3v) is 19.4. The maximum absolute atomic E-state index is 14.9. The zero-order valence-corrected chi connectivity index (χ0v) is 64.7. The van der Waals surface area contributed by atoms with E-state index in [0.717, 1.165) is 5.56 Å². The van der Waals surface area contributed by atoms with E-state index in [4.69, 9.17) is 28.7 Å². The van der Waals surface area contributed by atoms with Crippen LogP contribution in [0, 0.1) is 36.5 Å². The molecule has 106 heavy (non-hydrogen) atoms. The fourth-order valence-corrected chi connectivity index (χ4v) is 12.9. The largest absolute Gasteiger partial charge is 0.368 e. The topological polar surface area (TPSA) is 542 Å². The van der Waals surface area contributed by atoms with Crippen molar-refractivity contribution >= 4 is 75.0 Å². The highest BCUT2D eigenvalue weighted by Gasteiger charge is 2.39. The summed E-state index contributed by atoms with van der Waals surface area (Å²) in [5, 5.41) is 27.8. The molecule has 2 aromatic heterocycles. The van der Waals surface area contributed by atoms with Crippen molar-refractivity contribution in [3.8, 4) is 0 Å². The Hall–Kier alpha value is -8.44. The first-order valence-electron chi connectivity index (χ1n) is 37.4. The Balaban J connectivity index is 1.97. The van der Waals surface area contributed by atoms with Gasteiger partial charge in [0.1, 0.15) is 66.5 Å². The van der Waals surface area contributed by atoms with E-state index in [0.29, 0.717) is 75.7 Å². The molecule has 11 amide bonds. The van der Waals surface area contributed by atoms with E-state index in [1.165, 1.54) is 37.2 Å². The molecule has 33 nitrogen and oxygen atoms in total. The van der Waals surface area contributed by atoms with Gasteiger partial charge in [-0.2, -0.15) is 4.72 Å². The van der Waals surface area contributed by atoms with E-state index >= 15 is 0 Å². The van der Waals surface area contributed by atoms with Gasteiger partial charge in [-0.05, 0) is 171 Å². The number of amides is 11. The number of aromatic nitrogens is 4. The number of H-pyrrole nitrogens is 2. The molecule has 2 heterocycles. The Kier molecular flexibility index (Phi) is 41.5. The lowest BCUT2D eigenvalue weighted by atomic mass is 9.95. The van der Waals surface area contributed by atoms with Crippen LogP contribution in [-0.2, 0) is 75.6 Å². The van der Waals surface area contributed by atoms with Gasteiger partial charge in [0, 0.05) is 36.6 Å². The molecule has 0 bridgehead atoms. The molecule has 0 unspecified atom stereocenters. The molecule has 3 rings (SSSR count). The second-order valence-electron chi connectivity index (χ2n) is 29.1. The predicted octanol–water partition coefficient (Wildman–Crippen LogP) is 0.263. The molecule has 0 aliphatic rings. The van der Waals surface area contributed by atoms with Gasteiger partial charge in [0.2, 0.25) is 75.0 Å². The number of carbonyl (C=O) groups is 11. The summed E-state index contributed by atoms with van der Waals surface area (Å²) in [7, 11) is -4.29. The summed E-state index contributed by atoms with van der Waals surface area (Å²) in [6.07, 6.45) is 9.34. The van der Waals surface area contributed by atoms with Crippen LogP contribution in [0.25, 0.3) is 0 Å². The number of unbranched alkanes of at least 4 members (excludes halogenated alkanes) is 4. The molecule has 12 atom stereocenters. The smallest absolute Gasteiger partial charge is 0.243 e. The van der Waals surface area contributed by atoms with Crippen molar-refractivity contribution in [1.82, 2.24) is 77.8 Å². The van der Waals surface area contributed by atoms with Crippen molar-refractivity contribution in [2.75, 3.05) is 26.2 Å². The van der Waals surface area contributed by atoms with Gasteiger partial charge in [-0.1, -0.05) is 93.4 Å². The van der Waals surface area contributed by atoms with Crippen LogP contribution in [0.3, 0.4) is 0 Å². The number of hydrogen-bond donors (Lipinski definition) is 18. The molecule has 0 spiro atoms. The quantitative estimate of drug-likeness (QED) is 0.0337. The molecule has 34 heteroatoms. The zero-order chi connectivity index (χ0) is 79.2. The molecule has 0 aliphatic heterocycles. The van der Waals surface area contributed by atoms with Crippen LogP contribution in [0.1, 0.15) is 189 Å². The van der Waals surface area contributed by atoms with Crippen molar-refractivity contribution in [1.29, 1.82) is 0 Å². The number of hydrogen-bond acceptors (Lipinski definition) is 19. The number of sulfonamides is 1. The molecule has 23 N–H and O–H groups in total. The van der Waals surface area contributed by atoms with Gasteiger partial charge in [-0.3, -0.25) is 52.7 Å². The van der Waals surface area contributed by atoms with E-state index in [1.807, 2.05) is 41.5 Å². The lowest BCUT2D eigenvalue weighted by Gasteiger charge is -2.30. The molecular weight excluding hydrogens is 1380 g/mol. The van der Waals surface area contributed by atoms with Gasteiger partial charge >= 0.3 is 0 Å². The molecule has 0 aliphatic carbocycles. The SMILES string of the molecule is CC[C@H](C)[C@H](NC(=O)[C@H](CCCCN)NC(=O)[C@H](CCCCN)NC(=O)[C@H](Cc1cnc[nH]1)NC(=O)[C@H](CC(C)C)NC(=O)[C@H](CCCCN)NC(=O)[C@H](Cc1cnc[nH]1)NS(=O)(=O)c1ccc(C)cc1)C(=O)N[C@@H](CC(C)C)C(=O)N[C@@H](CCCCN)C(=O)N[C@H](C(=O)N[C@@H](CC(C)C)C(N)=O)C(C)C. The third-order valence-electron chi connectivity index (χ3n) is 17.9. The lowest BCUT2D eigenvalue weighted by Crippen LogP contribution is -2.62. The van der Waals surface area contributed by atoms with Gasteiger partial charge < -0.3 is 91.8 Å². The first-order chi connectivity index (χ1) is 50.2. The van der Waals surface area contributed by atoms with E-state index in [1.54, 1.807) is 46.8 Å². The van der Waals surface area contributed by atoms with Crippen molar-refractivity contribution in [3.05, 3.63) is 66.3 Å². The van der Waals surface area contributed by atoms with E-state index in [2.05, 4.69) is 77.8 Å². The standard InChI is InChI=1S/C72H124N20O13S/c1-12-47(11)61(72(103)89-57(35-44(6)7)67(98)84-53(23-15-19-31-75)65(96)90-60(45(8)9)71(102)86-55(62(77)93)33-42(2)3)91-66(97)54(24-16-20-32-76)82-63(94)51(21-13-17-29-73)83-69(100)58(36-48-38-78-40-80-48)88-68(99)56(34-43(4)5)87-64(95)52(22-14-18-30-74)85-70(101)59(37-49-39-79-41-81-49)92-106(104,105)50-27-25-46(10)26-28-50/h25-28,38-45,47,51-61,92H,12-24,29-37,73-76H2,1-11H3,(H2,77,93)(H,78,80)(H,79,81)(H,82,94)(H,83,100)(H,84,98)(H,85,101)(H,86,102)(H,87,95)(H,88,99)(H,89,103)(H,90,96)(H,91,97)/t47-,51-,52-,53-,54-,55-,56-,57-,58-,59-,60-,61-/m0/s1. The first-order valence-corrected chi connectivity index (χ1v) is 38.8. The Morgan fingerprint density at radius 1 is 0.406 bits per heavy atom. The first kappa shape index (κ1) is 91.8.